The van der Waals surface area contributed by atoms with Crippen LogP contribution >= 0.6 is 0 Å². The maximum Gasteiger partial charge on any atom is 0.0646 e. The second-order valence-corrected chi connectivity index (χ2v) is 11.0. The molecule has 2 aliphatic carbocycles. The van der Waals surface area contributed by atoms with Crippen molar-refractivity contribution in [2.75, 3.05) is 0 Å². The number of benzene rings is 2. The largest absolute Gasteiger partial charge is 0.392 e. The molecule has 179 valence electrons. The second kappa shape index (κ2) is 10.4. The van der Waals surface area contributed by atoms with E-state index in [1.165, 1.54) is 18.2 Å². The molecule has 1 aromatic heterocycles. The number of rotatable bonds is 1. The van der Waals surface area contributed by atoms with Crippen LogP contribution < -0.4 is 0 Å². The summed E-state index contributed by atoms with van der Waals surface area (Å²) in [5, 5.41) is 22.1. The van der Waals surface area contributed by atoms with Crippen LogP contribution in [0.2, 0.25) is 0 Å². The molecule has 0 amide bonds. The fourth-order valence-electron chi connectivity index (χ4n) is 5.69. The Bertz CT molecular complexity index is 1050. The Labute approximate surface area is 212 Å². The number of hydrogen-bond donors (Lipinski definition) is 2. The van der Waals surface area contributed by atoms with Gasteiger partial charge in [0.05, 0.1) is 17.7 Å². The second-order valence-electron chi connectivity index (χ2n) is 11.0. The van der Waals surface area contributed by atoms with Crippen LogP contribution in [-0.2, 0) is 20.1 Å². The zero-order chi connectivity index (χ0) is 22.9. The van der Waals surface area contributed by atoms with Crippen molar-refractivity contribution in [2.24, 2.45) is 22.7 Å². The maximum absolute atomic E-state index is 10.5. The minimum atomic E-state index is -0.350. The van der Waals surface area contributed by atoms with Gasteiger partial charge in [-0.05, 0) is 53.2 Å². The van der Waals surface area contributed by atoms with Crippen LogP contribution in [0, 0.1) is 28.7 Å². The van der Waals surface area contributed by atoms with Crippen molar-refractivity contribution >= 4 is 10.9 Å². The number of fused-ring (bicyclic) bond motifs is 2. The minimum absolute atomic E-state index is 0. The molecule has 4 atom stereocenters. The topological polar surface area (TPSA) is 53.4 Å². The Morgan fingerprint density at radius 1 is 0.879 bits per heavy atom. The summed E-state index contributed by atoms with van der Waals surface area (Å²) in [7, 11) is 0. The van der Waals surface area contributed by atoms with Crippen LogP contribution in [0.4, 0.5) is 0 Å². The standard InChI is InChI=1S/C15H10N.C14H26O2.Ir/c1-2-6-12(7-3-1)15-11-10-13-8-4-5-9-14(13)16-15;1-13(2)7-5-6-9-8-14(3,4)12(16)10(9)11(13)15;/h1-6,8-11H;9-12,15-16H,5-8H2,1-4H3;/q-1;;. The average molecular weight is 623 g/mol. The van der Waals surface area contributed by atoms with Gasteiger partial charge in [0.25, 0.3) is 0 Å². The van der Waals surface area contributed by atoms with E-state index in [0.29, 0.717) is 5.92 Å². The quantitative estimate of drug-likeness (QED) is 0.314. The van der Waals surface area contributed by atoms with Gasteiger partial charge in [-0.15, -0.1) is 35.9 Å². The Hall–Kier alpha value is -1.58. The van der Waals surface area contributed by atoms with E-state index in [0.717, 1.165) is 29.6 Å². The van der Waals surface area contributed by atoms with Gasteiger partial charge < -0.3 is 10.2 Å². The van der Waals surface area contributed by atoms with E-state index < -0.39 is 0 Å². The Kier molecular flexibility index (Phi) is 8.17. The zero-order valence-electron chi connectivity index (χ0n) is 20.1. The van der Waals surface area contributed by atoms with Gasteiger partial charge in [0.2, 0.25) is 0 Å². The molecule has 4 unspecified atom stereocenters. The third-order valence-electron chi connectivity index (χ3n) is 7.64. The number of aromatic nitrogens is 1. The van der Waals surface area contributed by atoms with Crippen LogP contribution in [0.3, 0.4) is 0 Å². The molecule has 0 bridgehead atoms. The zero-order valence-corrected chi connectivity index (χ0v) is 22.5. The van der Waals surface area contributed by atoms with Gasteiger partial charge in [-0.25, -0.2) is 0 Å². The van der Waals surface area contributed by atoms with Crippen LogP contribution in [0.1, 0.15) is 53.4 Å². The first-order valence-corrected chi connectivity index (χ1v) is 11.9. The van der Waals surface area contributed by atoms with E-state index in [9.17, 15) is 10.2 Å². The van der Waals surface area contributed by atoms with Crippen molar-refractivity contribution < 1.29 is 30.3 Å². The van der Waals surface area contributed by atoms with E-state index >= 15 is 0 Å². The van der Waals surface area contributed by atoms with Crippen molar-refractivity contribution in [1.29, 1.82) is 0 Å². The SMILES string of the molecule is CC1(C)CCCC2CC(C)(C)C(O)C2C1O.[Ir].[c-]1ccccc1-c1ccc2ccccc2n1. The van der Waals surface area contributed by atoms with E-state index in [-0.39, 0.29) is 49.1 Å². The van der Waals surface area contributed by atoms with E-state index in [1.807, 2.05) is 48.5 Å². The van der Waals surface area contributed by atoms with Crippen molar-refractivity contribution in [2.45, 2.75) is 65.6 Å². The van der Waals surface area contributed by atoms with Gasteiger partial charge >= 0.3 is 0 Å². The van der Waals surface area contributed by atoms with Crippen molar-refractivity contribution in [3.63, 3.8) is 0 Å². The first-order chi connectivity index (χ1) is 15.2. The summed E-state index contributed by atoms with van der Waals surface area (Å²) in [5.41, 5.74) is 2.97. The van der Waals surface area contributed by atoms with Gasteiger partial charge in [-0.3, -0.25) is 4.98 Å². The number of hydrogen-bond acceptors (Lipinski definition) is 3. The van der Waals surface area contributed by atoms with E-state index in [4.69, 9.17) is 0 Å². The first-order valence-electron chi connectivity index (χ1n) is 11.9. The summed E-state index contributed by atoms with van der Waals surface area (Å²) < 4.78 is 0. The maximum atomic E-state index is 10.5. The number of nitrogens with zero attached hydrogens (tertiary/aromatic N) is 1. The summed E-state index contributed by atoms with van der Waals surface area (Å²) in [6, 6.07) is 23.4. The fraction of sp³-hybridized carbons (Fsp3) is 0.483. The third kappa shape index (κ3) is 5.57. The van der Waals surface area contributed by atoms with Crippen molar-refractivity contribution in [3.8, 4) is 11.3 Å². The molecule has 0 spiro atoms. The van der Waals surface area contributed by atoms with E-state index in [2.05, 4.69) is 50.9 Å². The molecule has 1 heterocycles. The minimum Gasteiger partial charge on any atom is -0.392 e. The van der Waals surface area contributed by atoms with Gasteiger partial charge in [0.15, 0.2) is 0 Å². The molecule has 2 aromatic carbocycles. The van der Waals surface area contributed by atoms with Crippen molar-refractivity contribution in [3.05, 3.63) is 66.7 Å². The molecule has 5 rings (SSSR count). The molecule has 2 aliphatic rings. The molecule has 0 saturated heterocycles. The molecule has 4 heteroatoms. The first kappa shape index (κ1) is 26.0. The Balaban J connectivity index is 0.000000180. The fourth-order valence-corrected chi connectivity index (χ4v) is 5.69. The average Bonchev–Trinajstić information content (AvgIpc) is 2.94. The van der Waals surface area contributed by atoms with Gasteiger partial charge in [0.1, 0.15) is 0 Å². The Morgan fingerprint density at radius 2 is 1.58 bits per heavy atom. The molecule has 33 heavy (non-hydrogen) atoms. The molecule has 2 N–H and O–H groups in total. The normalized spacial score (nSPS) is 27.5. The van der Waals surface area contributed by atoms with Gasteiger partial charge in [-0.1, -0.05) is 64.4 Å². The van der Waals surface area contributed by atoms with Gasteiger partial charge in [0, 0.05) is 26.0 Å². The van der Waals surface area contributed by atoms with Gasteiger partial charge in [-0.2, -0.15) is 0 Å². The Morgan fingerprint density at radius 3 is 2.30 bits per heavy atom. The van der Waals surface area contributed by atoms with Crippen LogP contribution in [0.25, 0.3) is 22.2 Å². The molecule has 3 nitrogen and oxygen atoms in total. The van der Waals surface area contributed by atoms with Crippen molar-refractivity contribution in [1.82, 2.24) is 4.98 Å². The summed E-state index contributed by atoms with van der Waals surface area (Å²) >= 11 is 0. The summed E-state index contributed by atoms with van der Waals surface area (Å²) in [5.74, 6) is 0.606. The number of pyridine rings is 1. The predicted octanol–water partition coefficient (Wildman–Crippen LogP) is 6.28. The summed E-state index contributed by atoms with van der Waals surface area (Å²) in [6.07, 6.45) is 3.81. The predicted molar refractivity (Wildman–Crippen MR) is 131 cm³/mol. The molecule has 3 aromatic rings. The van der Waals surface area contributed by atoms with Crippen LogP contribution in [-0.4, -0.2) is 27.4 Å². The smallest absolute Gasteiger partial charge is 0.0646 e. The number of aliphatic hydroxyl groups is 2. The van der Waals surface area contributed by atoms with E-state index in [1.54, 1.807) is 0 Å². The molecule has 1 radical (unpaired) electrons. The molecular weight excluding hydrogens is 587 g/mol. The molecule has 2 fully saturated rings. The molecule has 0 aliphatic heterocycles. The summed E-state index contributed by atoms with van der Waals surface area (Å²) in [6.45, 7) is 8.54. The van der Waals surface area contributed by atoms with Crippen LogP contribution in [0.5, 0.6) is 0 Å². The molecular formula is C29H36IrNO2-. The number of para-hydroxylation sites is 1. The molecule has 2 saturated carbocycles. The summed E-state index contributed by atoms with van der Waals surface area (Å²) in [4.78, 5) is 4.61. The number of aliphatic hydroxyl groups excluding tert-OH is 2. The monoisotopic (exact) mass is 623 g/mol. The van der Waals surface area contributed by atoms with Crippen LogP contribution in [0.15, 0.2) is 60.7 Å². The third-order valence-corrected chi connectivity index (χ3v) is 7.64.